The molecule has 0 bridgehead atoms. The van der Waals surface area contributed by atoms with Crippen LogP contribution in [0.2, 0.25) is 0 Å². The molecule has 0 saturated carbocycles. The van der Waals surface area contributed by atoms with Crippen LogP contribution in [0.3, 0.4) is 0 Å². The molecule has 1 aliphatic rings. The van der Waals surface area contributed by atoms with Crippen LogP contribution in [0.15, 0.2) is 0 Å². The highest BCUT2D eigenvalue weighted by atomic mass is 16.6. The van der Waals surface area contributed by atoms with E-state index in [2.05, 4.69) is 0 Å². The maximum atomic E-state index is 11.9. The molecule has 2 atom stereocenters. The number of rotatable bonds is 1. The van der Waals surface area contributed by atoms with Crippen LogP contribution in [0.5, 0.6) is 0 Å². The number of carbonyl (C=O) groups excluding carboxylic acids is 1. The second-order valence-electron chi connectivity index (χ2n) is 5.19. The third-order valence-electron chi connectivity index (χ3n) is 2.61. The number of piperidine rings is 1. The zero-order valence-electron chi connectivity index (χ0n) is 10.3. The lowest BCUT2D eigenvalue weighted by atomic mass is 9.99. The molecule has 0 aromatic heterocycles. The number of aliphatic hydroxyl groups excluding tert-OH is 1. The van der Waals surface area contributed by atoms with Crippen molar-refractivity contribution < 1.29 is 14.6 Å². The molecule has 0 spiro atoms. The molecule has 16 heavy (non-hydrogen) atoms. The SMILES string of the molecule is CC(C)(C)OC(=O)N1CCCC(O)C1CN. The number of aliphatic hydroxyl groups is 1. The van der Waals surface area contributed by atoms with E-state index in [1.165, 1.54) is 0 Å². The molecule has 1 aliphatic heterocycles. The number of nitrogens with zero attached hydrogens (tertiary/aromatic N) is 1. The Balaban J connectivity index is 2.66. The van der Waals surface area contributed by atoms with Crippen LogP contribution in [-0.4, -0.2) is 46.9 Å². The summed E-state index contributed by atoms with van der Waals surface area (Å²) < 4.78 is 5.28. The second-order valence-corrected chi connectivity index (χ2v) is 5.19. The number of nitrogens with two attached hydrogens (primary N) is 1. The summed E-state index contributed by atoms with van der Waals surface area (Å²) in [5, 5.41) is 9.76. The summed E-state index contributed by atoms with van der Waals surface area (Å²) in [5.74, 6) is 0. The van der Waals surface area contributed by atoms with Gasteiger partial charge in [-0.2, -0.15) is 0 Å². The first-order valence-corrected chi connectivity index (χ1v) is 5.73. The minimum atomic E-state index is -0.536. The minimum Gasteiger partial charge on any atom is -0.444 e. The molecule has 1 heterocycles. The van der Waals surface area contributed by atoms with E-state index in [-0.39, 0.29) is 18.7 Å². The van der Waals surface area contributed by atoms with Gasteiger partial charge in [0.1, 0.15) is 5.60 Å². The number of hydrogen-bond donors (Lipinski definition) is 2. The molecule has 1 rings (SSSR count). The highest BCUT2D eigenvalue weighted by molar-refractivity contribution is 5.68. The maximum Gasteiger partial charge on any atom is 0.410 e. The largest absolute Gasteiger partial charge is 0.444 e. The molecule has 2 unspecified atom stereocenters. The summed E-state index contributed by atoms with van der Waals surface area (Å²) in [6.45, 7) is 6.34. The van der Waals surface area contributed by atoms with Gasteiger partial charge in [0.05, 0.1) is 12.1 Å². The van der Waals surface area contributed by atoms with Gasteiger partial charge in [-0.1, -0.05) is 0 Å². The quantitative estimate of drug-likeness (QED) is 0.695. The maximum absolute atomic E-state index is 11.9. The smallest absolute Gasteiger partial charge is 0.410 e. The van der Waals surface area contributed by atoms with Crippen molar-refractivity contribution >= 4 is 6.09 Å². The van der Waals surface area contributed by atoms with Gasteiger partial charge in [-0.15, -0.1) is 0 Å². The van der Waals surface area contributed by atoms with Crippen LogP contribution in [-0.2, 0) is 4.74 Å². The lowest BCUT2D eigenvalue weighted by molar-refractivity contribution is -0.0205. The number of ether oxygens (including phenoxy) is 1. The second kappa shape index (κ2) is 5.01. The summed E-state index contributed by atoms with van der Waals surface area (Å²) in [6.07, 6.45) is 0.561. The first kappa shape index (κ1) is 13.3. The average molecular weight is 230 g/mol. The molecule has 5 heteroatoms. The molecule has 3 N–H and O–H groups in total. The molecule has 0 aromatic carbocycles. The average Bonchev–Trinajstić information content (AvgIpc) is 2.14. The van der Waals surface area contributed by atoms with Crippen molar-refractivity contribution in [1.82, 2.24) is 4.90 Å². The van der Waals surface area contributed by atoms with Gasteiger partial charge in [0.2, 0.25) is 0 Å². The molecule has 94 valence electrons. The Morgan fingerprint density at radius 1 is 1.56 bits per heavy atom. The van der Waals surface area contributed by atoms with Crippen LogP contribution in [0.4, 0.5) is 4.79 Å². The summed E-state index contributed by atoms with van der Waals surface area (Å²) in [5.41, 5.74) is 5.06. The van der Waals surface area contributed by atoms with Gasteiger partial charge in [-0.3, -0.25) is 0 Å². The van der Waals surface area contributed by atoms with E-state index in [4.69, 9.17) is 10.5 Å². The molecule has 0 aromatic rings. The van der Waals surface area contributed by atoms with Crippen molar-refractivity contribution in [3.05, 3.63) is 0 Å². The summed E-state index contributed by atoms with van der Waals surface area (Å²) in [4.78, 5) is 13.4. The Hall–Kier alpha value is -0.810. The zero-order chi connectivity index (χ0) is 12.3. The van der Waals surface area contributed by atoms with E-state index in [1.807, 2.05) is 20.8 Å². The van der Waals surface area contributed by atoms with Crippen LogP contribution < -0.4 is 5.73 Å². The van der Waals surface area contributed by atoms with E-state index in [1.54, 1.807) is 4.90 Å². The fraction of sp³-hybridized carbons (Fsp3) is 0.909. The normalized spacial score (nSPS) is 26.7. The molecular formula is C11H22N2O3. The lowest BCUT2D eigenvalue weighted by Gasteiger charge is -2.38. The molecule has 1 amide bonds. The topological polar surface area (TPSA) is 75.8 Å². The fourth-order valence-corrected chi connectivity index (χ4v) is 1.87. The van der Waals surface area contributed by atoms with Crippen molar-refractivity contribution in [3.63, 3.8) is 0 Å². The number of amides is 1. The van der Waals surface area contributed by atoms with Crippen molar-refractivity contribution in [2.24, 2.45) is 5.73 Å². The number of carbonyl (C=O) groups is 1. The first-order chi connectivity index (χ1) is 7.35. The third-order valence-corrected chi connectivity index (χ3v) is 2.61. The van der Waals surface area contributed by atoms with Crippen molar-refractivity contribution in [2.75, 3.05) is 13.1 Å². The Morgan fingerprint density at radius 3 is 2.69 bits per heavy atom. The molecule has 0 radical (unpaired) electrons. The van der Waals surface area contributed by atoms with Gasteiger partial charge in [-0.05, 0) is 33.6 Å². The van der Waals surface area contributed by atoms with Gasteiger partial charge in [0.25, 0.3) is 0 Å². The standard InChI is InChI=1S/C11H22N2O3/c1-11(2,3)16-10(15)13-6-4-5-9(14)8(13)7-12/h8-9,14H,4-7,12H2,1-3H3. The van der Waals surface area contributed by atoms with Gasteiger partial charge in [0.15, 0.2) is 0 Å². The first-order valence-electron chi connectivity index (χ1n) is 5.73. The molecule has 5 nitrogen and oxygen atoms in total. The molecule has 0 aliphatic carbocycles. The lowest BCUT2D eigenvalue weighted by Crippen LogP contribution is -2.55. The van der Waals surface area contributed by atoms with Gasteiger partial charge in [0, 0.05) is 13.1 Å². The fourth-order valence-electron chi connectivity index (χ4n) is 1.87. The van der Waals surface area contributed by atoms with E-state index in [0.717, 1.165) is 6.42 Å². The van der Waals surface area contributed by atoms with Gasteiger partial charge < -0.3 is 20.5 Å². The van der Waals surface area contributed by atoms with E-state index in [9.17, 15) is 9.90 Å². The third kappa shape index (κ3) is 3.35. The Kier molecular flexibility index (Phi) is 4.15. The number of likely N-dealkylation sites (tertiary alicyclic amines) is 1. The zero-order valence-corrected chi connectivity index (χ0v) is 10.3. The summed E-state index contributed by atoms with van der Waals surface area (Å²) in [6, 6.07) is -0.316. The monoisotopic (exact) mass is 230 g/mol. The van der Waals surface area contributed by atoms with Crippen LogP contribution >= 0.6 is 0 Å². The predicted octanol–water partition coefficient (Wildman–Crippen LogP) is 0.706. The van der Waals surface area contributed by atoms with Gasteiger partial charge >= 0.3 is 6.09 Å². The van der Waals surface area contributed by atoms with E-state index < -0.39 is 11.7 Å². The Bertz CT molecular complexity index is 250. The van der Waals surface area contributed by atoms with E-state index in [0.29, 0.717) is 13.0 Å². The number of hydrogen-bond acceptors (Lipinski definition) is 4. The summed E-state index contributed by atoms with van der Waals surface area (Å²) >= 11 is 0. The molecule has 1 saturated heterocycles. The highest BCUT2D eigenvalue weighted by Crippen LogP contribution is 2.20. The van der Waals surface area contributed by atoms with Crippen LogP contribution in [0, 0.1) is 0 Å². The van der Waals surface area contributed by atoms with Gasteiger partial charge in [-0.25, -0.2) is 4.79 Å². The van der Waals surface area contributed by atoms with Crippen LogP contribution in [0.25, 0.3) is 0 Å². The minimum absolute atomic E-state index is 0.264. The summed E-state index contributed by atoms with van der Waals surface area (Å²) in [7, 11) is 0. The van der Waals surface area contributed by atoms with Crippen LogP contribution in [0.1, 0.15) is 33.6 Å². The van der Waals surface area contributed by atoms with Crippen molar-refractivity contribution in [1.29, 1.82) is 0 Å². The Morgan fingerprint density at radius 2 is 2.19 bits per heavy atom. The molecule has 1 fully saturated rings. The highest BCUT2D eigenvalue weighted by Gasteiger charge is 2.34. The Labute approximate surface area is 96.6 Å². The van der Waals surface area contributed by atoms with Crippen molar-refractivity contribution in [2.45, 2.75) is 51.4 Å². The van der Waals surface area contributed by atoms with Crippen molar-refractivity contribution in [3.8, 4) is 0 Å². The predicted molar refractivity (Wildman–Crippen MR) is 61.0 cm³/mol. The molecular weight excluding hydrogens is 208 g/mol. The van der Waals surface area contributed by atoms with E-state index >= 15 is 0 Å².